The molecule has 0 radical (unpaired) electrons. The van der Waals surface area contributed by atoms with Crippen LogP contribution in [0.1, 0.15) is 15.9 Å². The van der Waals surface area contributed by atoms with Crippen LogP contribution >= 0.6 is 11.3 Å². The van der Waals surface area contributed by atoms with E-state index < -0.39 is 15.9 Å². The van der Waals surface area contributed by atoms with E-state index in [9.17, 15) is 13.2 Å². The largest absolute Gasteiger partial charge is 0.454 e. The highest BCUT2D eigenvalue weighted by atomic mass is 32.2. The van der Waals surface area contributed by atoms with Crippen molar-refractivity contribution >= 4 is 43.2 Å². The van der Waals surface area contributed by atoms with Gasteiger partial charge >= 0.3 is 0 Å². The molecule has 0 spiro atoms. The van der Waals surface area contributed by atoms with E-state index in [0.717, 1.165) is 15.8 Å². The molecule has 2 aliphatic rings. The standard InChI is InChI=1S/C24H19N3O5S2/c1-26-19-12-20-21(32-14-31-20)13-22(19)33-24(26)25-23(28)16-6-8-17(9-7-16)34(29,30)27-11-10-15-4-2-3-5-18(15)27/h2-9,12-13H,10-11,14H2,1H3. The number of para-hydroxylation sites is 1. The number of nitrogens with zero attached hydrogens (tertiary/aromatic N) is 3. The van der Waals surface area contributed by atoms with Gasteiger partial charge in [-0.2, -0.15) is 4.99 Å². The Bertz CT molecular complexity index is 1640. The van der Waals surface area contributed by atoms with Crippen LogP contribution in [0.4, 0.5) is 5.69 Å². The van der Waals surface area contributed by atoms with Gasteiger partial charge in [-0.1, -0.05) is 29.5 Å². The molecular weight excluding hydrogens is 474 g/mol. The quantitative estimate of drug-likeness (QED) is 0.436. The topological polar surface area (TPSA) is 90.2 Å². The first-order valence-electron chi connectivity index (χ1n) is 10.6. The van der Waals surface area contributed by atoms with Gasteiger partial charge in [0.15, 0.2) is 16.3 Å². The van der Waals surface area contributed by atoms with E-state index in [1.165, 1.54) is 39.9 Å². The summed E-state index contributed by atoms with van der Waals surface area (Å²) in [4.78, 5) is 17.8. The molecule has 2 aliphatic heterocycles. The zero-order valence-corrected chi connectivity index (χ0v) is 19.7. The Hall–Kier alpha value is -3.63. The SMILES string of the molecule is Cn1c(=NC(=O)c2ccc(S(=O)(=O)N3CCc4ccccc43)cc2)sc2cc3c(cc21)OCO3. The Morgan fingerprint density at radius 1 is 1.03 bits per heavy atom. The first-order chi connectivity index (χ1) is 16.4. The summed E-state index contributed by atoms with van der Waals surface area (Å²) < 4.78 is 41.4. The maximum absolute atomic E-state index is 13.2. The van der Waals surface area contributed by atoms with Crippen molar-refractivity contribution in [3.8, 4) is 11.5 Å². The van der Waals surface area contributed by atoms with E-state index in [1.807, 2.05) is 48.0 Å². The van der Waals surface area contributed by atoms with Gasteiger partial charge in [0.25, 0.3) is 15.9 Å². The Labute approximate surface area is 199 Å². The maximum atomic E-state index is 13.2. The molecule has 0 bridgehead atoms. The van der Waals surface area contributed by atoms with Gasteiger partial charge < -0.3 is 14.0 Å². The van der Waals surface area contributed by atoms with Gasteiger partial charge in [0.05, 0.1) is 20.8 Å². The van der Waals surface area contributed by atoms with Crippen LogP contribution < -0.4 is 18.6 Å². The number of thiazole rings is 1. The fraction of sp³-hybridized carbons (Fsp3) is 0.167. The number of carbonyl (C=O) groups excluding carboxylic acids is 1. The second-order valence-electron chi connectivity index (χ2n) is 8.01. The number of carbonyl (C=O) groups is 1. The monoisotopic (exact) mass is 493 g/mol. The number of amides is 1. The lowest BCUT2D eigenvalue weighted by Gasteiger charge is -2.19. The summed E-state index contributed by atoms with van der Waals surface area (Å²) in [5, 5.41) is 0. The van der Waals surface area contributed by atoms with Crippen LogP contribution in [0.3, 0.4) is 0 Å². The second-order valence-corrected chi connectivity index (χ2v) is 10.9. The van der Waals surface area contributed by atoms with E-state index in [-0.39, 0.29) is 11.7 Å². The van der Waals surface area contributed by atoms with Gasteiger partial charge in [-0.15, -0.1) is 0 Å². The van der Waals surface area contributed by atoms with E-state index in [4.69, 9.17) is 9.47 Å². The van der Waals surface area contributed by atoms with E-state index in [0.29, 0.717) is 40.5 Å². The lowest BCUT2D eigenvalue weighted by molar-refractivity contribution is 0.0998. The molecule has 6 rings (SSSR count). The number of hydrogen-bond donors (Lipinski definition) is 0. The van der Waals surface area contributed by atoms with Crippen LogP contribution in [0.25, 0.3) is 10.2 Å². The summed E-state index contributed by atoms with van der Waals surface area (Å²) in [6.07, 6.45) is 0.679. The number of anilines is 1. The van der Waals surface area contributed by atoms with Crippen LogP contribution in [0.15, 0.2) is 70.6 Å². The lowest BCUT2D eigenvalue weighted by atomic mass is 10.2. The highest BCUT2D eigenvalue weighted by molar-refractivity contribution is 7.92. The molecule has 0 unspecified atom stereocenters. The van der Waals surface area contributed by atoms with Crippen LogP contribution in [-0.2, 0) is 23.5 Å². The molecule has 0 aliphatic carbocycles. The third kappa shape index (κ3) is 3.29. The third-order valence-corrected chi connectivity index (χ3v) is 8.96. The minimum atomic E-state index is -3.72. The van der Waals surface area contributed by atoms with Crippen molar-refractivity contribution in [2.24, 2.45) is 12.0 Å². The molecule has 0 saturated carbocycles. The number of sulfonamides is 1. The number of ether oxygens (including phenoxy) is 2. The number of aryl methyl sites for hydroxylation is 1. The first-order valence-corrected chi connectivity index (χ1v) is 12.9. The fourth-order valence-corrected chi connectivity index (χ4v) is 6.76. The summed E-state index contributed by atoms with van der Waals surface area (Å²) in [6.45, 7) is 0.599. The molecule has 1 aromatic heterocycles. The molecule has 3 aromatic carbocycles. The molecule has 0 atom stereocenters. The van der Waals surface area contributed by atoms with Crippen molar-refractivity contribution in [3.05, 3.63) is 76.6 Å². The predicted octanol–water partition coefficient (Wildman–Crippen LogP) is 3.46. The Balaban J connectivity index is 1.30. The van der Waals surface area contributed by atoms with Gasteiger partial charge in [-0.3, -0.25) is 9.10 Å². The summed E-state index contributed by atoms with van der Waals surface area (Å²) in [7, 11) is -1.89. The number of benzene rings is 3. The van der Waals surface area contributed by atoms with Crippen molar-refractivity contribution < 1.29 is 22.7 Å². The molecule has 1 amide bonds. The molecule has 4 aromatic rings. The van der Waals surface area contributed by atoms with Crippen molar-refractivity contribution in [2.45, 2.75) is 11.3 Å². The third-order valence-electron chi connectivity index (χ3n) is 6.03. The van der Waals surface area contributed by atoms with Crippen LogP contribution in [0.5, 0.6) is 11.5 Å². The molecule has 34 heavy (non-hydrogen) atoms. The smallest absolute Gasteiger partial charge is 0.279 e. The highest BCUT2D eigenvalue weighted by Gasteiger charge is 2.30. The van der Waals surface area contributed by atoms with Crippen molar-refractivity contribution in [3.63, 3.8) is 0 Å². The molecule has 172 valence electrons. The second kappa shape index (κ2) is 7.71. The minimum absolute atomic E-state index is 0.141. The number of fused-ring (bicyclic) bond motifs is 3. The number of aromatic nitrogens is 1. The van der Waals surface area contributed by atoms with Crippen LogP contribution in [0, 0.1) is 0 Å². The molecule has 3 heterocycles. The van der Waals surface area contributed by atoms with E-state index in [1.54, 1.807) is 0 Å². The minimum Gasteiger partial charge on any atom is -0.454 e. The van der Waals surface area contributed by atoms with E-state index in [2.05, 4.69) is 4.99 Å². The van der Waals surface area contributed by atoms with Crippen LogP contribution in [0.2, 0.25) is 0 Å². The zero-order valence-electron chi connectivity index (χ0n) is 18.1. The molecule has 10 heteroatoms. The van der Waals surface area contributed by atoms with Crippen molar-refractivity contribution in [1.82, 2.24) is 4.57 Å². The molecule has 0 fully saturated rings. The Kier molecular flexibility index (Phi) is 4.75. The molecule has 8 nitrogen and oxygen atoms in total. The summed E-state index contributed by atoms with van der Waals surface area (Å²) in [5.74, 6) is 0.888. The van der Waals surface area contributed by atoms with E-state index >= 15 is 0 Å². The maximum Gasteiger partial charge on any atom is 0.279 e. The normalized spacial score (nSPS) is 15.2. The van der Waals surface area contributed by atoms with Gasteiger partial charge in [0.1, 0.15) is 0 Å². The van der Waals surface area contributed by atoms with Gasteiger partial charge in [-0.25, -0.2) is 8.42 Å². The Morgan fingerprint density at radius 2 is 1.76 bits per heavy atom. The lowest BCUT2D eigenvalue weighted by Crippen LogP contribution is -2.29. The average molecular weight is 494 g/mol. The predicted molar refractivity (Wildman–Crippen MR) is 128 cm³/mol. The summed E-state index contributed by atoms with van der Waals surface area (Å²) in [6, 6.07) is 17.2. The van der Waals surface area contributed by atoms with Crippen molar-refractivity contribution in [2.75, 3.05) is 17.6 Å². The summed E-state index contributed by atoms with van der Waals surface area (Å²) >= 11 is 1.37. The van der Waals surface area contributed by atoms with Crippen molar-refractivity contribution in [1.29, 1.82) is 0 Å². The number of rotatable bonds is 3. The molecule has 0 saturated heterocycles. The molecular formula is C24H19N3O5S2. The van der Waals surface area contributed by atoms with Gasteiger partial charge in [0.2, 0.25) is 6.79 Å². The zero-order chi connectivity index (χ0) is 23.4. The average Bonchev–Trinajstić information content (AvgIpc) is 3.55. The molecule has 0 N–H and O–H groups in total. The highest BCUT2D eigenvalue weighted by Crippen LogP contribution is 2.37. The Morgan fingerprint density at radius 3 is 2.56 bits per heavy atom. The number of hydrogen-bond acceptors (Lipinski definition) is 6. The fourth-order valence-electron chi connectivity index (χ4n) is 4.23. The summed E-state index contributed by atoms with van der Waals surface area (Å²) in [5.41, 5.74) is 2.91. The van der Waals surface area contributed by atoms with Crippen LogP contribution in [-0.4, -0.2) is 32.2 Å². The van der Waals surface area contributed by atoms with Gasteiger partial charge in [0, 0.05) is 31.3 Å². The van der Waals surface area contributed by atoms with Gasteiger partial charge in [-0.05, 0) is 42.3 Å². The first kappa shape index (κ1) is 20.9.